The minimum atomic E-state index is -1.22. The molecule has 0 saturated heterocycles. The van der Waals surface area contributed by atoms with Gasteiger partial charge in [0.1, 0.15) is 0 Å². The predicted octanol–water partition coefficient (Wildman–Crippen LogP) is 12.4. The standard InChI is InChI=1S/C37H62P/c1-3-5-7-9-11-13-15-17-19-27-33-38(37-31-25-22-26-32-37,35-36-29-23-21-24-30-36)34-28-20-18-16-14-12-10-8-6-4-2/h21-26,29-32H,3-20,27-28,33-35H2,1-2H3/q+1. The van der Waals surface area contributed by atoms with Crippen molar-refractivity contribution in [1.82, 2.24) is 0 Å². The molecule has 0 amide bonds. The van der Waals surface area contributed by atoms with E-state index in [1.807, 2.05) is 0 Å². The van der Waals surface area contributed by atoms with Gasteiger partial charge in [-0.15, -0.1) is 0 Å². The van der Waals surface area contributed by atoms with Gasteiger partial charge >= 0.3 is 0 Å². The number of hydrogen-bond acceptors (Lipinski definition) is 0. The van der Waals surface area contributed by atoms with Gasteiger partial charge in [0.05, 0.1) is 31.1 Å². The Labute approximate surface area is 239 Å². The van der Waals surface area contributed by atoms with E-state index >= 15 is 0 Å². The molecule has 2 aromatic rings. The molecule has 0 fully saturated rings. The van der Waals surface area contributed by atoms with Crippen molar-refractivity contribution in [2.75, 3.05) is 12.3 Å². The summed E-state index contributed by atoms with van der Waals surface area (Å²) in [5.41, 5.74) is 1.56. The minimum Gasteiger partial charge on any atom is -0.0654 e. The van der Waals surface area contributed by atoms with Crippen molar-refractivity contribution < 1.29 is 0 Å². The SMILES string of the molecule is CCCCCCCCCCCC[P+](CCCCCCCCCCCC)(Cc1ccccc1)c1ccccc1. The second kappa shape index (κ2) is 22.7. The van der Waals surface area contributed by atoms with E-state index in [2.05, 4.69) is 74.5 Å². The quantitative estimate of drug-likeness (QED) is 0.0872. The molecule has 0 saturated carbocycles. The van der Waals surface area contributed by atoms with Crippen LogP contribution in [0.5, 0.6) is 0 Å². The van der Waals surface area contributed by atoms with E-state index in [1.54, 1.807) is 10.9 Å². The molecule has 0 aliphatic rings. The highest BCUT2D eigenvalue weighted by atomic mass is 31.2. The maximum Gasteiger partial charge on any atom is 0.0943 e. The summed E-state index contributed by atoms with van der Waals surface area (Å²) in [6.07, 6.45) is 32.8. The van der Waals surface area contributed by atoms with E-state index in [-0.39, 0.29) is 0 Å². The molecule has 0 aliphatic heterocycles. The van der Waals surface area contributed by atoms with Gasteiger partial charge in [-0.25, -0.2) is 0 Å². The minimum absolute atomic E-state index is 1.22. The molecule has 2 aromatic carbocycles. The van der Waals surface area contributed by atoms with Gasteiger partial charge in [0.25, 0.3) is 0 Å². The lowest BCUT2D eigenvalue weighted by Crippen LogP contribution is -2.20. The van der Waals surface area contributed by atoms with Crippen LogP contribution in [0.25, 0.3) is 0 Å². The normalized spacial score (nSPS) is 11.7. The molecule has 0 unspecified atom stereocenters. The highest BCUT2D eigenvalue weighted by Gasteiger charge is 2.39. The van der Waals surface area contributed by atoms with Gasteiger partial charge in [0.2, 0.25) is 0 Å². The second-order valence-electron chi connectivity index (χ2n) is 11.9. The largest absolute Gasteiger partial charge is 0.0943 e. The Morgan fingerprint density at radius 1 is 0.395 bits per heavy atom. The van der Waals surface area contributed by atoms with Gasteiger partial charge in [-0.05, 0) is 43.4 Å². The smallest absolute Gasteiger partial charge is 0.0654 e. The van der Waals surface area contributed by atoms with Crippen LogP contribution in [0.4, 0.5) is 0 Å². The van der Waals surface area contributed by atoms with Crippen LogP contribution >= 0.6 is 7.26 Å². The van der Waals surface area contributed by atoms with E-state index in [0.29, 0.717) is 0 Å². The molecule has 0 nitrogen and oxygen atoms in total. The first kappa shape index (κ1) is 33.1. The Balaban J connectivity index is 1.88. The van der Waals surface area contributed by atoms with Crippen LogP contribution in [0.15, 0.2) is 60.7 Å². The zero-order chi connectivity index (χ0) is 27.0. The van der Waals surface area contributed by atoms with Crippen molar-refractivity contribution in [2.45, 2.75) is 148 Å². The van der Waals surface area contributed by atoms with Crippen LogP contribution in [0.2, 0.25) is 0 Å². The van der Waals surface area contributed by atoms with Crippen molar-refractivity contribution in [3.63, 3.8) is 0 Å². The van der Waals surface area contributed by atoms with Crippen molar-refractivity contribution in [3.05, 3.63) is 66.2 Å². The molecule has 0 atom stereocenters. The third kappa shape index (κ3) is 14.9. The first-order valence-electron chi connectivity index (χ1n) is 16.8. The van der Waals surface area contributed by atoms with Gasteiger partial charge in [-0.3, -0.25) is 0 Å². The summed E-state index contributed by atoms with van der Waals surface area (Å²) in [6.45, 7) is 4.62. The number of benzene rings is 2. The van der Waals surface area contributed by atoms with E-state index < -0.39 is 7.26 Å². The van der Waals surface area contributed by atoms with Gasteiger partial charge in [0.15, 0.2) is 0 Å². The van der Waals surface area contributed by atoms with Crippen molar-refractivity contribution >= 4 is 12.6 Å². The average Bonchev–Trinajstić information content (AvgIpc) is 2.96. The Morgan fingerprint density at radius 3 is 1.13 bits per heavy atom. The van der Waals surface area contributed by atoms with E-state index in [4.69, 9.17) is 0 Å². The number of hydrogen-bond donors (Lipinski definition) is 0. The maximum absolute atomic E-state index is 2.48. The maximum atomic E-state index is 2.48. The highest BCUT2D eigenvalue weighted by Crippen LogP contribution is 2.61. The molecule has 0 aliphatic carbocycles. The van der Waals surface area contributed by atoms with Crippen LogP contribution in [0, 0.1) is 0 Å². The van der Waals surface area contributed by atoms with Gasteiger partial charge < -0.3 is 0 Å². The summed E-state index contributed by atoms with van der Waals surface area (Å²) in [5, 5.41) is 1.69. The highest BCUT2D eigenvalue weighted by molar-refractivity contribution is 7.82. The summed E-state index contributed by atoms with van der Waals surface area (Å²) in [7, 11) is -1.22. The summed E-state index contributed by atoms with van der Waals surface area (Å²) < 4.78 is 0. The number of rotatable bonds is 25. The van der Waals surface area contributed by atoms with Crippen LogP contribution in [-0.2, 0) is 6.16 Å². The molecule has 0 radical (unpaired) electrons. The Hall–Kier alpha value is -1.13. The fraction of sp³-hybridized carbons (Fsp3) is 0.676. The summed E-state index contributed by atoms with van der Waals surface area (Å²) in [4.78, 5) is 0. The molecule has 0 N–H and O–H groups in total. The molecule has 0 heterocycles. The van der Waals surface area contributed by atoms with Crippen LogP contribution in [0.1, 0.15) is 148 Å². The molecule has 0 bridgehead atoms. The first-order valence-corrected chi connectivity index (χ1v) is 19.1. The third-order valence-corrected chi connectivity index (χ3v) is 13.2. The Bertz CT molecular complexity index is 729. The molecular weight excluding hydrogens is 475 g/mol. The van der Waals surface area contributed by atoms with Crippen LogP contribution in [0.3, 0.4) is 0 Å². The molecular formula is C37H62P+. The second-order valence-corrected chi connectivity index (χ2v) is 16.0. The predicted molar refractivity (Wildman–Crippen MR) is 177 cm³/mol. The molecule has 1 heteroatoms. The number of unbranched alkanes of at least 4 members (excludes halogenated alkanes) is 18. The summed E-state index contributed by atoms with van der Waals surface area (Å²) >= 11 is 0. The monoisotopic (exact) mass is 537 g/mol. The fourth-order valence-corrected chi connectivity index (χ4v) is 10.7. The lowest BCUT2D eigenvalue weighted by Gasteiger charge is -2.28. The third-order valence-electron chi connectivity index (χ3n) is 8.51. The van der Waals surface area contributed by atoms with Crippen molar-refractivity contribution in [1.29, 1.82) is 0 Å². The Kier molecular flexibility index (Phi) is 19.7. The lowest BCUT2D eigenvalue weighted by molar-refractivity contribution is 0.561. The van der Waals surface area contributed by atoms with Gasteiger partial charge in [-0.1, -0.05) is 165 Å². The summed E-state index contributed by atoms with van der Waals surface area (Å²) in [6, 6.07) is 23.2. The molecule has 38 heavy (non-hydrogen) atoms. The van der Waals surface area contributed by atoms with E-state index in [1.165, 1.54) is 147 Å². The summed E-state index contributed by atoms with van der Waals surface area (Å²) in [5.74, 6) is 0. The van der Waals surface area contributed by atoms with Gasteiger partial charge in [-0.2, -0.15) is 0 Å². The first-order chi connectivity index (χ1) is 18.8. The van der Waals surface area contributed by atoms with E-state index in [0.717, 1.165) is 0 Å². The Morgan fingerprint density at radius 2 is 0.737 bits per heavy atom. The molecule has 214 valence electrons. The fourth-order valence-electron chi connectivity index (χ4n) is 6.10. The van der Waals surface area contributed by atoms with Crippen molar-refractivity contribution in [3.8, 4) is 0 Å². The van der Waals surface area contributed by atoms with Crippen LogP contribution < -0.4 is 5.30 Å². The van der Waals surface area contributed by atoms with Crippen molar-refractivity contribution in [2.24, 2.45) is 0 Å². The molecule has 0 spiro atoms. The van der Waals surface area contributed by atoms with E-state index in [9.17, 15) is 0 Å². The van der Waals surface area contributed by atoms with Crippen LogP contribution in [-0.4, -0.2) is 12.3 Å². The van der Waals surface area contributed by atoms with Gasteiger partial charge in [0, 0.05) is 0 Å². The lowest BCUT2D eigenvalue weighted by atomic mass is 10.1. The molecule has 2 rings (SSSR count). The molecule has 0 aromatic heterocycles. The zero-order valence-corrected chi connectivity index (χ0v) is 26.4. The topological polar surface area (TPSA) is 0 Å². The average molecular weight is 538 g/mol. The zero-order valence-electron chi connectivity index (χ0n) is 25.5.